The summed E-state index contributed by atoms with van der Waals surface area (Å²) in [5.41, 5.74) is 0. The minimum absolute atomic E-state index is 0.238. The zero-order valence-corrected chi connectivity index (χ0v) is 31.4. The van der Waals surface area contributed by atoms with Gasteiger partial charge in [0, 0.05) is 0 Å². The minimum atomic E-state index is -3.57. The van der Waals surface area contributed by atoms with E-state index in [0.29, 0.717) is 0 Å². The van der Waals surface area contributed by atoms with E-state index in [-0.39, 0.29) is 11.5 Å². The molecule has 256 valence electrons. The maximum absolute atomic E-state index is 11.9. The molecule has 0 aromatic heterocycles. The SMILES string of the molecule is CCCCCCCCCCCCOS(=O)(=O)c1ccccc1.CCCCCCCC[PH](CCCC)(CCCC)CCCC. The van der Waals surface area contributed by atoms with Crippen LogP contribution in [0.5, 0.6) is 0 Å². The first kappa shape index (κ1) is 42.6. The molecule has 0 aliphatic carbocycles. The zero-order valence-electron chi connectivity index (χ0n) is 29.6. The van der Waals surface area contributed by atoms with E-state index in [1.165, 1.54) is 122 Å². The summed E-state index contributed by atoms with van der Waals surface area (Å²) in [4.78, 5) is 0.238. The van der Waals surface area contributed by atoms with E-state index in [4.69, 9.17) is 4.18 Å². The van der Waals surface area contributed by atoms with Gasteiger partial charge in [-0.15, -0.1) is 0 Å². The van der Waals surface area contributed by atoms with Crippen LogP contribution in [-0.4, -0.2) is 39.7 Å². The molecule has 0 aliphatic heterocycles. The summed E-state index contributed by atoms with van der Waals surface area (Å²) in [5.74, 6) is 0. The molecule has 0 bridgehead atoms. The van der Waals surface area contributed by atoms with Crippen molar-refractivity contribution in [2.75, 3.05) is 31.3 Å². The van der Waals surface area contributed by atoms with Crippen molar-refractivity contribution in [1.82, 2.24) is 0 Å². The van der Waals surface area contributed by atoms with Gasteiger partial charge in [-0.05, 0) is 18.6 Å². The Bertz CT molecular complexity index is 775. The van der Waals surface area contributed by atoms with E-state index in [1.54, 1.807) is 61.4 Å². The first-order valence-corrected chi connectivity index (χ1v) is 23.1. The number of hydrogen-bond acceptors (Lipinski definition) is 3. The van der Waals surface area contributed by atoms with E-state index >= 15 is 0 Å². The second kappa shape index (κ2) is 30.2. The third-order valence-corrected chi connectivity index (χ3v) is 16.0. The normalized spacial score (nSPS) is 12.2. The summed E-state index contributed by atoms with van der Waals surface area (Å²) in [6, 6.07) is 8.33. The van der Waals surface area contributed by atoms with Crippen molar-refractivity contribution < 1.29 is 12.6 Å². The first-order valence-electron chi connectivity index (χ1n) is 18.9. The van der Waals surface area contributed by atoms with Crippen molar-refractivity contribution in [3.05, 3.63) is 30.3 Å². The fraction of sp³-hybridized carbons (Fsp3) is 0.842. The van der Waals surface area contributed by atoms with Gasteiger partial charge < -0.3 is 0 Å². The van der Waals surface area contributed by atoms with Crippen molar-refractivity contribution in [2.45, 2.75) is 181 Å². The van der Waals surface area contributed by atoms with Gasteiger partial charge in [-0.25, -0.2) is 0 Å². The Morgan fingerprint density at radius 3 is 1.23 bits per heavy atom. The standard InChI is InChI=1S/C20H45P.C18H30O3S/c1-5-9-13-14-15-16-20-21(17-10-6-2,18-11-7-3)19-12-8-4;1-2-3-4-5-6-7-8-9-10-14-17-21-22(19,20)18-15-12-11-13-16-18/h21H,5-20H2,1-4H3;11-13,15-16H,2-10,14,17H2,1H3. The molecular formula is C38H75O3PS. The van der Waals surface area contributed by atoms with Gasteiger partial charge in [0.1, 0.15) is 0 Å². The van der Waals surface area contributed by atoms with Gasteiger partial charge in [-0.2, -0.15) is 8.42 Å². The molecule has 0 heterocycles. The van der Waals surface area contributed by atoms with Gasteiger partial charge in [0.15, 0.2) is 0 Å². The van der Waals surface area contributed by atoms with Crippen molar-refractivity contribution >= 4 is 17.4 Å². The van der Waals surface area contributed by atoms with Crippen LogP contribution in [0.25, 0.3) is 0 Å². The number of benzene rings is 1. The van der Waals surface area contributed by atoms with Crippen LogP contribution in [0, 0.1) is 0 Å². The molecule has 0 spiro atoms. The Kier molecular flexibility index (Phi) is 29.9. The third kappa shape index (κ3) is 24.5. The van der Waals surface area contributed by atoms with Crippen molar-refractivity contribution in [3.63, 3.8) is 0 Å². The second-order valence-electron chi connectivity index (χ2n) is 13.1. The molecule has 0 radical (unpaired) electrons. The molecule has 1 aromatic carbocycles. The molecule has 0 N–H and O–H groups in total. The van der Waals surface area contributed by atoms with Gasteiger partial charge in [-0.1, -0.05) is 82.9 Å². The summed E-state index contributed by atoms with van der Waals surface area (Å²) < 4.78 is 28.8. The summed E-state index contributed by atoms with van der Waals surface area (Å²) in [7, 11) is -4.50. The van der Waals surface area contributed by atoms with Gasteiger partial charge in [0.25, 0.3) is 10.1 Å². The van der Waals surface area contributed by atoms with E-state index in [1.807, 2.05) is 0 Å². The molecule has 0 unspecified atom stereocenters. The molecule has 0 amide bonds. The molecule has 0 saturated carbocycles. The number of rotatable bonds is 29. The summed E-state index contributed by atoms with van der Waals surface area (Å²) in [6.07, 6.45) is 36.4. The van der Waals surface area contributed by atoms with E-state index in [0.717, 1.165) is 12.8 Å². The van der Waals surface area contributed by atoms with E-state index in [2.05, 4.69) is 34.6 Å². The molecule has 0 fully saturated rings. The van der Waals surface area contributed by atoms with Crippen molar-refractivity contribution in [1.29, 1.82) is 0 Å². The maximum atomic E-state index is 11.9. The average molecular weight is 643 g/mol. The summed E-state index contributed by atoms with van der Waals surface area (Å²) in [5, 5.41) is 0. The Hall–Kier alpha value is -0.440. The van der Waals surface area contributed by atoms with Gasteiger partial charge >= 0.3 is 137 Å². The van der Waals surface area contributed by atoms with Crippen molar-refractivity contribution in [3.8, 4) is 0 Å². The molecule has 0 saturated heterocycles. The van der Waals surface area contributed by atoms with Gasteiger partial charge in [-0.3, -0.25) is 4.18 Å². The van der Waals surface area contributed by atoms with Crippen molar-refractivity contribution in [2.24, 2.45) is 0 Å². The van der Waals surface area contributed by atoms with Crippen LogP contribution in [0.15, 0.2) is 35.2 Å². The van der Waals surface area contributed by atoms with Crippen LogP contribution in [0.3, 0.4) is 0 Å². The number of hydrogen-bond donors (Lipinski definition) is 0. The van der Waals surface area contributed by atoms with Crippen LogP contribution in [0.1, 0.15) is 176 Å². The van der Waals surface area contributed by atoms with Gasteiger partial charge in [0.05, 0.1) is 11.5 Å². The Morgan fingerprint density at radius 2 is 0.814 bits per heavy atom. The van der Waals surface area contributed by atoms with Crippen LogP contribution in [0.2, 0.25) is 0 Å². The van der Waals surface area contributed by atoms with Crippen LogP contribution >= 0.6 is 7.26 Å². The molecule has 3 nitrogen and oxygen atoms in total. The van der Waals surface area contributed by atoms with Crippen LogP contribution in [-0.2, 0) is 14.3 Å². The Labute approximate surface area is 271 Å². The summed E-state index contributed by atoms with van der Waals surface area (Å²) >= 11 is 0. The average Bonchev–Trinajstić information content (AvgIpc) is 3.02. The second-order valence-corrected chi connectivity index (χ2v) is 19.7. The monoisotopic (exact) mass is 643 g/mol. The van der Waals surface area contributed by atoms with Crippen LogP contribution < -0.4 is 0 Å². The fourth-order valence-corrected chi connectivity index (χ4v) is 12.9. The molecular weight excluding hydrogens is 567 g/mol. The van der Waals surface area contributed by atoms with E-state index < -0.39 is 17.4 Å². The molecule has 0 aliphatic rings. The molecule has 5 heteroatoms. The quantitative estimate of drug-likeness (QED) is 0.0496. The Balaban J connectivity index is 0.000000822. The van der Waals surface area contributed by atoms with E-state index in [9.17, 15) is 8.42 Å². The summed E-state index contributed by atoms with van der Waals surface area (Å²) in [6.45, 7) is 12.0. The molecule has 43 heavy (non-hydrogen) atoms. The molecule has 1 aromatic rings. The predicted octanol–water partition coefficient (Wildman–Crippen LogP) is 12.8. The predicted molar refractivity (Wildman–Crippen MR) is 197 cm³/mol. The topological polar surface area (TPSA) is 43.4 Å². The number of unbranched alkanes of at least 4 members (excludes halogenated alkanes) is 17. The van der Waals surface area contributed by atoms with Gasteiger partial charge in [0.2, 0.25) is 0 Å². The fourth-order valence-electron chi connectivity index (χ4n) is 6.10. The molecule has 0 atom stereocenters. The zero-order chi connectivity index (χ0) is 31.9. The Morgan fingerprint density at radius 1 is 0.465 bits per heavy atom. The first-order chi connectivity index (χ1) is 20.9. The molecule has 1 rings (SSSR count). The third-order valence-electron chi connectivity index (χ3n) is 9.01. The van der Waals surface area contributed by atoms with Crippen LogP contribution in [0.4, 0.5) is 0 Å².